The van der Waals surface area contributed by atoms with Crippen LogP contribution in [0.2, 0.25) is 0 Å². The molecular weight excluding hydrogens is 427 g/mol. The van der Waals surface area contributed by atoms with Gasteiger partial charge in [0.1, 0.15) is 5.82 Å². The van der Waals surface area contributed by atoms with Crippen LogP contribution in [0.3, 0.4) is 0 Å². The largest absolute Gasteiger partial charge is 0.381 e. The maximum Gasteiger partial charge on any atom is 0.153 e. The van der Waals surface area contributed by atoms with Gasteiger partial charge >= 0.3 is 0 Å². The Balaban J connectivity index is 0.000000260. The van der Waals surface area contributed by atoms with Crippen molar-refractivity contribution in [1.82, 2.24) is 19.7 Å². The molecule has 0 aliphatic carbocycles. The van der Waals surface area contributed by atoms with Crippen LogP contribution >= 0.6 is 11.8 Å². The van der Waals surface area contributed by atoms with E-state index in [-0.39, 0.29) is 11.6 Å². The zero-order chi connectivity index (χ0) is 22.7. The SMILES string of the molecule is CNC1(C)CCSC1.Cn1nccc1-c1cn(C2CCOCC2)c2cc(C=O)c(F)cc12. The summed E-state index contributed by atoms with van der Waals surface area (Å²) >= 11 is 2.04. The molecule has 32 heavy (non-hydrogen) atoms. The summed E-state index contributed by atoms with van der Waals surface area (Å²) < 4.78 is 23.6. The molecule has 0 radical (unpaired) electrons. The lowest BCUT2D eigenvalue weighted by molar-refractivity contribution is 0.0707. The molecule has 2 aliphatic rings. The van der Waals surface area contributed by atoms with Crippen molar-refractivity contribution in [2.24, 2.45) is 7.05 Å². The van der Waals surface area contributed by atoms with E-state index < -0.39 is 5.82 Å². The number of hydrogen-bond donors (Lipinski definition) is 1. The van der Waals surface area contributed by atoms with Gasteiger partial charge in [0.15, 0.2) is 6.29 Å². The molecular formula is C24H31FN4O2S. The van der Waals surface area contributed by atoms with Crippen LogP contribution < -0.4 is 5.32 Å². The third-order valence-electron chi connectivity index (χ3n) is 6.58. The molecule has 1 unspecified atom stereocenters. The van der Waals surface area contributed by atoms with E-state index in [9.17, 15) is 9.18 Å². The van der Waals surface area contributed by atoms with E-state index in [1.165, 1.54) is 24.0 Å². The van der Waals surface area contributed by atoms with Crippen LogP contribution in [0.4, 0.5) is 4.39 Å². The molecule has 0 spiro atoms. The van der Waals surface area contributed by atoms with Crippen LogP contribution in [0.1, 0.15) is 42.6 Å². The number of benzene rings is 1. The molecule has 3 aromatic rings. The number of halogens is 1. The van der Waals surface area contributed by atoms with Gasteiger partial charge in [-0.15, -0.1) is 0 Å². The summed E-state index contributed by atoms with van der Waals surface area (Å²) in [7, 11) is 3.91. The monoisotopic (exact) mass is 458 g/mol. The third-order valence-corrected chi connectivity index (χ3v) is 7.92. The number of nitrogens with zero attached hydrogens (tertiary/aromatic N) is 3. The van der Waals surface area contributed by atoms with E-state index in [1.54, 1.807) is 16.9 Å². The molecule has 8 heteroatoms. The normalized spacial score (nSPS) is 21.5. The van der Waals surface area contributed by atoms with Gasteiger partial charge in [-0.2, -0.15) is 16.9 Å². The molecule has 6 nitrogen and oxygen atoms in total. The summed E-state index contributed by atoms with van der Waals surface area (Å²) in [5, 5.41) is 8.33. The topological polar surface area (TPSA) is 61.1 Å². The van der Waals surface area contributed by atoms with Crippen molar-refractivity contribution < 1.29 is 13.9 Å². The average molecular weight is 459 g/mol. The van der Waals surface area contributed by atoms with Crippen LogP contribution in [-0.4, -0.2) is 57.9 Å². The zero-order valence-electron chi connectivity index (χ0n) is 18.9. The van der Waals surface area contributed by atoms with Gasteiger partial charge in [0, 0.05) is 66.5 Å². The summed E-state index contributed by atoms with van der Waals surface area (Å²) in [6, 6.07) is 5.30. The first-order chi connectivity index (χ1) is 15.5. The molecule has 1 atom stereocenters. The second kappa shape index (κ2) is 9.77. The van der Waals surface area contributed by atoms with Gasteiger partial charge in [0.2, 0.25) is 0 Å². The molecule has 0 bridgehead atoms. The Kier molecular flexibility index (Phi) is 7.02. The second-order valence-corrected chi connectivity index (χ2v) is 9.86. The molecule has 172 valence electrons. The molecule has 0 saturated carbocycles. The Morgan fingerprint density at radius 3 is 2.69 bits per heavy atom. The molecule has 0 amide bonds. The lowest BCUT2D eigenvalue weighted by Gasteiger charge is -2.24. The minimum atomic E-state index is -0.495. The third kappa shape index (κ3) is 4.63. The number of carbonyl (C=O) groups excluding carboxylic acids is 1. The average Bonchev–Trinajstić information content (AvgIpc) is 3.53. The van der Waals surface area contributed by atoms with Crippen LogP contribution in [0.15, 0.2) is 30.6 Å². The van der Waals surface area contributed by atoms with Crippen molar-refractivity contribution in [2.45, 2.75) is 37.8 Å². The van der Waals surface area contributed by atoms with Crippen molar-refractivity contribution in [2.75, 3.05) is 31.8 Å². The first kappa shape index (κ1) is 23.0. The Morgan fingerprint density at radius 1 is 1.34 bits per heavy atom. The summed E-state index contributed by atoms with van der Waals surface area (Å²) in [5.41, 5.74) is 3.26. The van der Waals surface area contributed by atoms with E-state index in [0.717, 1.165) is 35.0 Å². The van der Waals surface area contributed by atoms with Gasteiger partial charge in [-0.25, -0.2) is 4.39 Å². The summed E-state index contributed by atoms with van der Waals surface area (Å²) in [4.78, 5) is 11.2. The summed E-state index contributed by atoms with van der Waals surface area (Å²) in [6.07, 6.45) is 7.48. The highest BCUT2D eigenvalue weighted by atomic mass is 32.2. The number of carbonyl (C=O) groups is 1. The molecule has 2 aromatic heterocycles. The van der Waals surface area contributed by atoms with E-state index in [1.807, 2.05) is 38.1 Å². The standard InChI is InChI=1S/C18H18FN3O2.C6H13NS/c1-21-17(2-5-20-21)15-10-22(13-3-6-24-7-4-13)18-8-12(11-23)16(19)9-14(15)18;1-6(7-2)3-4-8-5-6/h2,5,8-11,13H,3-4,6-7H2,1H3;7H,3-5H2,1-2H3. The van der Waals surface area contributed by atoms with Crippen LogP contribution in [0.5, 0.6) is 0 Å². The highest BCUT2D eigenvalue weighted by molar-refractivity contribution is 7.99. The molecule has 5 rings (SSSR count). The van der Waals surface area contributed by atoms with Crippen molar-refractivity contribution in [1.29, 1.82) is 0 Å². The first-order valence-electron chi connectivity index (χ1n) is 11.1. The molecule has 1 aromatic carbocycles. The number of nitrogens with one attached hydrogen (secondary N) is 1. The predicted molar refractivity (Wildman–Crippen MR) is 128 cm³/mol. The fourth-order valence-electron chi connectivity index (χ4n) is 4.35. The minimum absolute atomic E-state index is 0.0884. The molecule has 2 fully saturated rings. The number of fused-ring (bicyclic) bond motifs is 1. The Bertz CT molecular complexity index is 1080. The quantitative estimate of drug-likeness (QED) is 0.586. The summed E-state index contributed by atoms with van der Waals surface area (Å²) in [6.45, 7) is 3.72. The molecule has 4 heterocycles. The van der Waals surface area contributed by atoms with Crippen molar-refractivity contribution in [3.63, 3.8) is 0 Å². The number of rotatable bonds is 4. The van der Waals surface area contributed by atoms with Crippen molar-refractivity contribution in [3.05, 3.63) is 42.0 Å². The molecule has 2 aliphatic heterocycles. The fourth-order valence-corrected chi connectivity index (χ4v) is 5.83. The second-order valence-electron chi connectivity index (χ2n) is 8.76. The maximum atomic E-state index is 14.2. The Labute approximate surface area is 192 Å². The van der Waals surface area contributed by atoms with E-state index in [4.69, 9.17) is 4.74 Å². The number of thioether (sulfide) groups is 1. The van der Waals surface area contributed by atoms with Gasteiger partial charge in [0.25, 0.3) is 0 Å². The number of aldehydes is 1. The smallest absolute Gasteiger partial charge is 0.153 e. The predicted octanol–water partition coefficient (Wildman–Crippen LogP) is 4.45. The summed E-state index contributed by atoms with van der Waals surface area (Å²) in [5.74, 6) is 2.12. The molecule has 2 saturated heterocycles. The zero-order valence-corrected chi connectivity index (χ0v) is 19.8. The molecule has 1 N–H and O–H groups in total. The number of ether oxygens (including phenoxy) is 1. The van der Waals surface area contributed by atoms with Gasteiger partial charge < -0.3 is 14.6 Å². The number of hydrogen-bond acceptors (Lipinski definition) is 5. The Hall–Kier alpha value is -2.16. The van der Waals surface area contributed by atoms with Crippen molar-refractivity contribution in [3.8, 4) is 11.3 Å². The van der Waals surface area contributed by atoms with Gasteiger partial charge in [-0.1, -0.05) is 0 Å². The van der Waals surface area contributed by atoms with E-state index in [2.05, 4.69) is 21.9 Å². The lowest BCUT2D eigenvalue weighted by Crippen LogP contribution is -2.39. The fraction of sp³-hybridized carbons (Fsp3) is 0.500. The highest BCUT2D eigenvalue weighted by Crippen LogP contribution is 2.36. The number of aryl methyl sites for hydroxylation is 1. The van der Waals surface area contributed by atoms with Gasteiger partial charge in [-0.3, -0.25) is 9.48 Å². The van der Waals surface area contributed by atoms with Crippen molar-refractivity contribution >= 4 is 29.0 Å². The maximum absolute atomic E-state index is 14.2. The number of aromatic nitrogens is 3. The van der Waals surface area contributed by atoms with Gasteiger partial charge in [-0.05, 0) is 57.2 Å². The lowest BCUT2D eigenvalue weighted by atomic mass is 10.0. The van der Waals surface area contributed by atoms with Gasteiger partial charge in [0.05, 0.1) is 11.3 Å². The first-order valence-corrected chi connectivity index (χ1v) is 12.2. The van der Waals surface area contributed by atoms with Crippen LogP contribution in [0.25, 0.3) is 22.2 Å². The van der Waals surface area contributed by atoms with E-state index in [0.29, 0.717) is 25.0 Å². The minimum Gasteiger partial charge on any atom is -0.381 e. The highest BCUT2D eigenvalue weighted by Gasteiger charge is 2.26. The van der Waals surface area contributed by atoms with E-state index >= 15 is 0 Å². The van der Waals surface area contributed by atoms with Crippen LogP contribution in [-0.2, 0) is 11.8 Å². The Morgan fingerprint density at radius 2 is 2.12 bits per heavy atom. The van der Waals surface area contributed by atoms with Crippen LogP contribution in [0, 0.1) is 5.82 Å².